The number of amides is 2. The molecule has 2 rings (SSSR count). The number of aryl methyl sites for hydroxylation is 2. The van der Waals surface area contributed by atoms with E-state index in [4.69, 9.17) is 4.74 Å². The Bertz CT molecular complexity index is 711. The molecule has 140 valence electrons. The van der Waals surface area contributed by atoms with Crippen LogP contribution in [0.25, 0.3) is 0 Å². The predicted octanol–water partition coefficient (Wildman–Crippen LogP) is 5.19. The van der Waals surface area contributed by atoms with E-state index in [2.05, 4.69) is 37.4 Å². The maximum atomic E-state index is 12.8. The van der Waals surface area contributed by atoms with Crippen molar-refractivity contribution in [3.8, 4) is 5.75 Å². The molecule has 2 amide bonds. The first-order valence-corrected chi connectivity index (χ1v) is 9.29. The lowest BCUT2D eigenvalue weighted by Crippen LogP contribution is -2.37. The summed E-state index contributed by atoms with van der Waals surface area (Å²) in [6, 6.07) is 14.1. The molecule has 0 atom stereocenters. The highest BCUT2D eigenvalue weighted by Crippen LogP contribution is 2.17. The molecule has 4 heteroatoms. The van der Waals surface area contributed by atoms with Gasteiger partial charge in [0.1, 0.15) is 5.75 Å². The maximum Gasteiger partial charge on any atom is 0.321 e. The third kappa shape index (κ3) is 5.80. The minimum absolute atomic E-state index is 0.0288. The Morgan fingerprint density at radius 1 is 1.08 bits per heavy atom. The van der Waals surface area contributed by atoms with Crippen molar-refractivity contribution in [1.29, 1.82) is 0 Å². The number of hydrogen-bond donors (Lipinski definition) is 1. The summed E-state index contributed by atoms with van der Waals surface area (Å²) in [7, 11) is 1.67. The Labute approximate surface area is 157 Å². The van der Waals surface area contributed by atoms with Crippen LogP contribution in [0.1, 0.15) is 36.5 Å². The topological polar surface area (TPSA) is 41.6 Å². The quantitative estimate of drug-likeness (QED) is 0.709. The molecular weight excluding hydrogens is 324 g/mol. The zero-order valence-electron chi connectivity index (χ0n) is 16.3. The number of ether oxygens (including phenoxy) is 1. The van der Waals surface area contributed by atoms with Crippen LogP contribution >= 0.6 is 0 Å². The molecule has 2 aromatic rings. The molecule has 4 nitrogen and oxygen atoms in total. The molecule has 0 aliphatic rings. The molecule has 0 heterocycles. The van der Waals surface area contributed by atoms with Gasteiger partial charge in [0.15, 0.2) is 0 Å². The van der Waals surface area contributed by atoms with Crippen LogP contribution in [-0.4, -0.2) is 31.1 Å². The number of methoxy groups -OCH3 is 1. The van der Waals surface area contributed by atoms with Crippen LogP contribution in [0, 0.1) is 13.8 Å². The van der Waals surface area contributed by atoms with Crippen LogP contribution in [-0.2, 0) is 6.42 Å². The number of rotatable bonds is 8. The maximum absolute atomic E-state index is 12.8. The number of benzene rings is 2. The molecule has 0 unspecified atom stereocenters. The highest BCUT2D eigenvalue weighted by Gasteiger charge is 2.14. The van der Waals surface area contributed by atoms with Gasteiger partial charge < -0.3 is 15.0 Å². The van der Waals surface area contributed by atoms with Gasteiger partial charge >= 0.3 is 6.03 Å². The van der Waals surface area contributed by atoms with Gasteiger partial charge in [0.05, 0.1) is 7.11 Å². The lowest BCUT2D eigenvalue weighted by atomic mass is 10.1. The average Bonchev–Trinajstić information content (AvgIpc) is 2.64. The van der Waals surface area contributed by atoms with E-state index in [1.165, 1.54) is 11.1 Å². The molecule has 0 fully saturated rings. The summed E-state index contributed by atoms with van der Waals surface area (Å²) in [6.07, 6.45) is 2.90. The predicted molar refractivity (Wildman–Crippen MR) is 108 cm³/mol. The molecule has 1 N–H and O–H groups in total. The normalized spacial score (nSPS) is 10.5. The molecule has 0 aliphatic carbocycles. The molecule has 0 aromatic heterocycles. The van der Waals surface area contributed by atoms with E-state index in [-0.39, 0.29) is 6.03 Å². The fraction of sp³-hybridized carbons (Fsp3) is 0.409. The van der Waals surface area contributed by atoms with Crippen molar-refractivity contribution >= 4 is 11.7 Å². The Morgan fingerprint density at radius 3 is 2.42 bits per heavy atom. The molecule has 2 aromatic carbocycles. The summed E-state index contributed by atoms with van der Waals surface area (Å²) in [5.41, 5.74) is 4.37. The van der Waals surface area contributed by atoms with Crippen molar-refractivity contribution < 1.29 is 9.53 Å². The monoisotopic (exact) mass is 354 g/mol. The van der Waals surface area contributed by atoms with Crippen molar-refractivity contribution in [2.45, 2.75) is 40.0 Å². The van der Waals surface area contributed by atoms with Crippen LogP contribution in [0.2, 0.25) is 0 Å². The minimum Gasteiger partial charge on any atom is -0.497 e. The SMILES string of the molecule is CCCCN(CCc1ccc(OC)cc1)C(=O)Nc1ccc(C)cc1C. The lowest BCUT2D eigenvalue weighted by Gasteiger charge is -2.23. The fourth-order valence-corrected chi connectivity index (χ4v) is 2.87. The average molecular weight is 354 g/mol. The van der Waals surface area contributed by atoms with Crippen molar-refractivity contribution in [2.75, 3.05) is 25.5 Å². The highest BCUT2D eigenvalue weighted by atomic mass is 16.5. The molecule has 0 saturated carbocycles. The first-order chi connectivity index (χ1) is 12.5. The van der Waals surface area contributed by atoms with E-state index in [1.54, 1.807) is 7.11 Å². The Morgan fingerprint density at radius 2 is 1.81 bits per heavy atom. The van der Waals surface area contributed by atoms with Gasteiger partial charge in [0.2, 0.25) is 0 Å². The number of urea groups is 1. The Hall–Kier alpha value is -2.49. The molecule has 0 radical (unpaired) electrons. The van der Waals surface area contributed by atoms with E-state index in [9.17, 15) is 4.79 Å². The van der Waals surface area contributed by atoms with Crippen molar-refractivity contribution in [2.24, 2.45) is 0 Å². The van der Waals surface area contributed by atoms with Crippen LogP contribution in [0.4, 0.5) is 10.5 Å². The van der Waals surface area contributed by atoms with E-state index in [1.807, 2.05) is 36.1 Å². The second-order valence-corrected chi connectivity index (χ2v) is 6.69. The number of nitrogens with one attached hydrogen (secondary N) is 1. The summed E-state index contributed by atoms with van der Waals surface area (Å²) in [6.45, 7) is 7.69. The molecule has 0 saturated heterocycles. The number of nitrogens with zero attached hydrogens (tertiary/aromatic N) is 1. The zero-order chi connectivity index (χ0) is 18.9. The highest BCUT2D eigenvalue weighted by molar-refractivity contribution is 5.90. The van der Waals surface area contributed by atoms with Crippen LogP contribution in [0.5, 0.6) is 5.75 Å². The first-order valence-electron chi connectivity index (χ1n) is 9.29. The van der Waals surface area contributed by atoms with Gasteiger partial charge in [-0.05, 0) is 56.0 Å². The molecular formula is C22H30N2O2. The van der Waals surface area contributed by atoms with E-state index in [0.29, 0.717) is 6.54 Å². The molecule has 0 bridgehead atoms. The van der Waals surface area contributed by atoms with E-state index in [0.717, 1.165) is 42.8 Å². The van der Waals surface area contributed by atoms with Gasteiger partial charge in [-0.3, -0.25) is 0 Å². The van der Waals surface area contributed by atoms with E-state index >= 15 is 0 Å². The molecule has 0 aliphatic heterocycles. The van der Waals surface area contributed by atoms with Crippen LogP contribution in [0.15, 0.2) is 42.5 Å². The number of carbonyl (C=O) groups is 1. The first kappa shape index (κ1) is 19.8. The number of carbonyl (C=O) groups excluding carboxylic acids is 1. The van der Waals surface area contributed by atoms with Crippen LogP contribution < -0.4 is 10.1 Å². The summed E-state index contributed by atoms with van der Waals surface area (Å²) in [5.74, 6) is 0.851. The lowest BCUT2D eigenvalue weighted by molar-refractivity contribution is 0.211. The second kappa shape index (κ2) is 9.85. The van der Waals surface area contributed by atoms with Gasteiger partial charge in [0.25, 0.3) is 0 Å². The molecule has 0 spiro atoms. The second-order valence-electron chi connectivity index (χ2n) is 6.69. The van der Waals surface area contributed by atoms with Gasteiger partial charge in [0, 0.05) is 18.8 Å². The van der Waals surface area contributed by atoms with Gasteiger partial charge in [-0.25, -0.2) is 4.79 Å². The molecule has 26 heavy (non-hydrogen) atoms. The summed E-state index contributed by atoms with van der Waals surface area (Å²) in [5, 5.41) is 3.07. The Balaban J connectivity index is 2.01. The smallest absolute Gasteiger partial charge is 0.321 e. The van der Waals surface area contributed by atoms with Crippen LogP contribution in [0.3, 0.4) is 0 Å². The number of anilines is 1. The largest absolute Gasteiger partial charge is 0.497 e. The Kier molecular flexibility index (Phi) is 7.52. The third-order valence-corrected chi connectivity index (χ3v) is 4.52. The van der Waals surface area contributed by atoms with Crippen molar-refractivity contribution in [3.05, 3.63) is 59.2 Å². The van der Waals surface area contributed by atoms with Gasteiger partial charge in [-0.2, -0.15) is 0 Å². The summed E-state index contributed by atoms with van der Waals surface area (Å²) < 4.78 is 5.20. The van der Waals surface area contributed by atoms with Gasteiger partial charge in [-0.1, -0.05) is 43.2 Å². The fourth-order valence-electron chi connectivity index (χ4n) is 2.87. The van der Waals surface area contributed by atoms with E-state index < -0.39 is 0 Å². The standard InChI is InChI=1S/C22H30N2O2/c1-5-6-14-24(15-13-19-8-10-20(26-4)11-9-19)22(25)23-21-12-7-17(2)16-18(21)3/h7-12,16H,5-6,13-15H2,1-4H3,(H,23,25). The third-order valence-electron chi connectivity index (χ3n) is 4.52. The summed E-state index contributed by atoms with van der Waals surface area (Å²) in [4.78, 5) is 14.7. The zero-order valence-corrected chi connectivity index (χ0v) is 16.3. The number of hydrogen-bond acceptors (Lipinski definition) is 2. The number of unbranched alkanes of at least 4 members (excludes halogenated alkanes) is 1. The van der Waals surface area contributed by atoms with Crippen molar-refractivity contribution in [1.82, 2.24) is 4.90 Å². The minimum atomic E-state index is -0.0288. The summed E-state index contributed by atoms with van der Waals surface area (Å²) >= 11 is 0. The van der Waals surface area contributed by atoms with Gasteiger partial charge in [-0.15, -0.1) is 0 Å². The van der Waals surface area contributed by atoms with Crippen molar-refractivity contribution in [3.63, 3.8) is 0 Å².